The SMILES string of the molecule is CC(C)[Si](OC[C@@H](C)C(=O)[C@H](C)[C@H](O)c1ccccc1)(C(C)C)C(C)C. The molecular formula is C22H38O3Si. The highest BCUT2D eigenvalue weighted by atomic mass is 28.4. The van der Waals surface area contributed by atoms with Crippen LogP contribution in [0.25, 0.3) is 0 Å². The summed E-state index contributed by atoms with van der Waals surface area (Å²) in [6, 6.07) is 9.41. The Balaban J connectivity index is 2.82. The summed E-state index contributed by atoms with van der Waals surface area (Å²) in [6.07, 6.45) is -0.770. The van der Waals surface area contributed by atoms with Crippen LogP contribution in [0, 0.1) is 11.8 Å². The highest BCUT2D eigenvalue weighted by Crippen LogP contribution is 2.42. The first-order valence-corrected chi connectivity index (χ1v) is 12.1. The predicted molar refractivity (Wildman–Crippen MR) is 112 cm³/mol. The molecule has 4 heteroatoms. The van der Waals surface area contributed by atoms with Gasteiger partial charge in [0.25, 0.3) is 0 Å². The minimum Gasteiger partial charge on any atom is -0.415 e. The van der Waals surface area contributed by atoms with Gasteiger partial charge in [0.15, 0.2) is 8.32 Å². The number of aliphatic hydroxyl groups excluding tert-OH is 1. The molecule has 0 fully saturated rings. The van der Waals surface area contributed by atoms with Gasteiger partial charge in [0.1, 0.15) is 5.78 Å². The fraction of sp³-hybridized carbons (Fsp3) is 0.682. The summed E-state index contributed by atoms with van der Waals surface area (Å²) in [5.74, 6) is -0.587. The number of ketones is 1. The van der Waals surface area contributed by atoms with Gasteiger partial charge in [0.2, 0.25) is 0 Å². The first-order chi connectivity index (χ1) is 12.1. The van der Waals surface area contributed by atoms with E-state index >= 15 is 0 Å². The summed E-state index contributed by atoms with van der Waals surface area (Å²) in [5, 5.41) is 10.5. The zero-order valence-electron chi connectivity index (χ0n) is 17.8. The molecule has 0 aromatic heterocycles. The molecular weight excluding hydrogens is 340 g/mol. The molecule has 3 nitrogen and oxygen atoms in total. The minimum absolute atomic E-state index is 0.0699. The third-order valence-electron chi connectivity index (χ3n) is 5.84. The molecule has 148 valence electrons. The van der Waals surface area contributed by atoms with E-state index in [1.165, 1.54) is 0 Å². The van der Waals surface area contributed by atoms with Crippen molar-refractivity contribution in [3.63, 3.8) is 0 Å². The molecule has 26 heavy (non-hydrogen) atoms. The van der Waals surface area contributed by atoms with E-state index in [4.69, 9.17) is 4.43 Å². The molecule has 0 aliphatic heterocycles. The van der Waals surface area contributed by atoms with Gasteiger partial charge in [-0.25, -0.2) is 0 Å². The molecule has 1 rings (SSSR count). The highest BCUT2D eigenvalue weighted by Gasteiger charge is 2.45. The molecule has 1 aromatic carbocycles. The molecule has 0 saturated carbocycles. The average molecular weight is 379 g/mol. The average Bonchev–Trinajstić information content (AvgIpc) is 2.59. The van der Waals surface area contributed by atoms with E-state index in [1.807, 2.05) is 44.2 Å². The second-order valence-corrected chi connectivity index (χ2v) is 14.0. The van der Waals surface area contributed by atoms with Crippen LogP contribution >= 0.6 is 0 Å². The van der Waals surface area contributed by atoms with Crippen molar-refractivity contribution in [2.24, 2.45) is 11.8 Å². The van der Waals surface area contributed by atoms with Crippen molar-refractivity contribution in [3.05, 3.63) is 35.9 Å². The number of Topliss-reactive ketones (excluding diaryl/α,β-unsaturated/α-hetero) is 1. The lowest BCUT2D eigenvalue weighted by Gasteiger charge is -2.42. The maximum absolute atomic E-state index is 12.9. The second kappa shape index (κ2) is 9.82. The van der Waals surface area contributed by atoms with Crippen molar-refractivity contribution < 1.29 is 14.3 Å². The normalized spacial score (nSPS) is 16.2. The van der Waals surface area contributed by atoms with Gasteiger partial charge in [-0.05, 0) is 22.2 Å². The van der Waals surface area contributed by atoms with Gasteiger partial charge < -0.3 is 9.53 Å². The molecule has 0 amide bonds. The number of hydrogen-bond acceptors (Lipinski definition) is 3. The number of benzene rings is 1. The van der Waals surface area contributed by atoms with Crippen LogP contribution in [-0.2, 0) is 9.22 Å². The van der Waals surface area contributed by atoms with Crippen molar-refractivity contribution in [2.45, 2.75) is 78.1 Å². The molecule has 0 unspecified atom stereocenters. The summed E-state index contributed by atoms with van der Waals surface area (Å²) in [5.41, 5.74) is 2.28. The van der Waals surface area contributed by atoms with Crippen molar-refractivity contribution in [2.75, 3.05) is 6.61 Å². The maximum Gasteiger partial charge on any atom is 0.200 e. The van der Waals surface area contributed by atoms with Crippen LogP contribution in [0.2, 0.25) is 16.6 Å². The molecule has 0 spiro atoms. The van der Waals surface area contributed by atoms with Crippen molar-refractivity contribution in [3.8, 4) is 0 Å². The van der Waals surface area contributed by atoms with Gasteiger partial charge in [-0.3, -0.25) is 4.79 Å². The van der Waals surface area contributed by atoms with Gasteiger partial charge in [-0.2, -0.15) is 0 Å². The van der Waals surface area contributed by atoms with Gasteiger partial charge in [0.05, 0.1) is 6.10 Å². The zero-order chi connectivity index (χ0) is 20.1. The first kappa shape index (κ1) is 23.1. The smallest absolute Gasteiger partial charge is 0.200 e. The molecule has 0 heterocycles. The van der Waals surface area contributed by atoms with E-state index in [1.54, 1.807) is 0 Å². The maximum atomic E-state index is 12.9. The summed E-state index contributed by atoms with van der Waals surface area (Å²) in [7, 11) is -1.98. The molecule has 1 aromatic rings. The van der Waals surface area contributed by atoms with E-state index in [9.17, 15) is 9.90 Å². The molecule has 0 aliphatic rings. The van der Waals surface area contributed by atoms with Crippen LogP contribution in [0.5, 0.6) is 0 Å². The predicted octanol–water partition coefficient (Wildman–Crippen LogP) is 5.75. The van der Waals surface area contributed by atoms with Crippen LogP contribution < -0.4 is 0 Å². The van der Waals surface area contributed by atoms with Crippen molar-refractivity contribution in [1.29, 1.82) is 0 Å². The molecule has 0 radical (unpaired) electrons. The minimum atomic E-state index is -1.98. The lowest BCUT2D eigenvalue weighted by Crippen LogP contribution is -2.49. The highest BCUT2D eigenvalue weighted by molar-refractivity contribution is 6.77. The standard InChI is InChI=1S/C22H38O3Si/c1-15(2)26(16(3)4,17(5)6)25-14-18(7)21(23)19(8)22(24)20-12-10-9-11-13-20/h9-13,15-19,22,24H,14H2,1-8H3/t18-,19+,22+/m1/s1. The Morgan fingerprint density at radius 3 is 1.81 bits per heavy atom. The van der Waals surface area contributed by atoms with Crippen LogP contribution in [0.3, 0.4) is 0 Å². The van der Waals surface area contributed by atoms with Crippen LogP contribution in [-0.4, -0.2) is 25.8 Å². The molecule has 3 atom stereocenters. The monoisotopic (exact) mass is 378 g/mol. The molecule has 1 N–H and O–H groups in total. The van der Waals surface area contributed by atoms with E-state index in [2.05, 4.69) is 41.5 Å². The number of rotatable bonds is 10. The zero-order valence-corrected chi connectivity index (χ0v) is 18.8. The van der Waals surface area contributed by atoms with E-state index in [-0.39, 0.29) is 11.7 Å². The quantitative estimate of drug-likeness (QED) is 0.527. The van der Waals surface area contributed by atoms with Gasteiger partial charge in [-0.1, -0.05) is 85.7 Å². The Labute approximate surface area is 161 Å². The van der Waals surface area contributed by atoms with Gasteiger partial charge in [0, 0.05) is 18.4 Å². The van der Waals surface area contributed by atoms with Crippen molar-refractivity contribution in [1.82, 2.24) is 0 Å². The number of carbonyl (C=O) groups excluding carboxylic acids is 1. The van der Waals surface area contributed by atoms with Crippen molar-refractivity contribution >= 4 is 14.1 Å². The lowest BCUT2D eigenvalue weighted by molar-refractivity contribution is -0.130. The van der Waals surface area contributed by atoms with Crippen LogP contribution in [0.4, 0.5) is 0 Å². The largest absolute Gasteiger partial charge is 0.415 e. The van der Waals surface area contributed by atoms with E-state index in [0.717, 1.165) is 5.56 Å². The molecule has 0 aliphatic carbocycles. The van der Waals surface area contributed by atoms with E-state index in [0.29, 0.717) is 23.2 Å². The number of carbonyl (C=O) groups is 1. The fourth-order valence-electron chi connectivity index (χ4n) is 4.39. The Morgan fingerprint density at radius 1 is 0.923 bits per heavy atom. The number of hydrogen-bond donors (Lipinski definition) is 1. The Kier molecular flexibility index (Phi) is 8.71. The Bertz CT molecular complexity index is 532. The first-order valence-electron chi connectivity index (χ1n) is 9.96. The Hall–Kier alpha value is -0.973. The topological polar surface area (TPSA) is 46.5 Å². The Morgan fingerprint density at radius 2 is 1.38 bits per heavy atom. The van der Waals surface area contributed by atoms with Gasteiger partial charge >= 0.3 is 0 Å². The van der Waals surface area contributed by atoms with E-state index < -0.39 is 20.3 Å². The summed E-state index contributed by atoms with van der Waals surface area (Å²) < 4.78 is 6.57. The third kappa shape index (κ3) is 5.05. The summed E-state index contributed by atoms with van der Waals surface area (Å²) in [6.45, 7) is 17.7. The van der Waals surface area contributed by atoms with Gasteiger partial charge in [-0.15, -0.1) is 0 Å². The molecule has 0 saturated heterocycles. The number of aliphatic hydroxyl groups is 1. The fourth-order valence-corrected chi connectivity index (χ4v) is 9.93. The van der Waals surface area contributed by atoms with Crippen LogP contribution in [0.15, 0.2) is 30.3 Å². The van der Waals surface area contributed by atoms with Crippen LogP contribution in [0.1, 0.15) is 67.1 Å². The summed E-state index contributed by atoms with van der Waals surface area (Å²) in [4.78, 5) is 12.9. The lowest BCUT2D eigenvalue weighted by atomic mass is 9.88. The summed E-state index contributed by atoms with van der Waals surface area (Å²) >= 11 is 0. The second-order valence-electron chi connectivity index (χ2n) is 8.58. The molecule has 0 bridgehead atoms. The third-order valence-corrected chi connectivity index (χ3v) is 11.9.